The smallest absolute Gasteiger partial charge is 0.352 e. The highest BCUT2D eigenvalue weighted by Crippen LogP contribution is 2.31. The van der Waals surface area contributed by atoms with Crippen LogP contribution in [0.5, 0.6) is 0 Å². The molecule has 0 atom stereocenters. The molecular formula is C22H19ClN2O2. The minimum Gasteiger partial charge on any atom is -1.00 e. The van der Waals surface area contributed by atoms with Gasteiger partial charge in [0.05, 0.1) is 5.56 Å². The summed E-state index contributed by atoms with van der Waals surface area (Å²) in [6, 6.07) is 20.3. The van der Waals surface area contributed by atoms with Crippen LogP contribution in [0.2, 0.25) is 0 Å². The number of carboxylic acid groups (broad SMARTS) is 1. The third-order valence-electron chi connectivity index (χ3n) is 4.73. The van der Waals surface area contributed by atoms with Gasteiger partial charge in [-0.25, -0.2) is 9.36 Å². The highest BCUT2D eigenvalue weighted by molar-refractivity contribution is 6.00. The van der Waals surface area contributed by atoms with Crippen molar-refractivity contribution >= 4 is 16.9 Å². The number of benzene rings is 2. The van der Waals surface area contributed by atoms with Gasteiger partial charge in [-0.15, -0.1) is 0 Å². The maximum atomic E-state index is 11.5. The molecule has 1 N–H and O–H groups in total. The third-order valence-corrected chi connectivity index (χ3v) is 4.73. The highest BCUT2D eigenvalue weighted by Gasteiger charge is 2.19. The van der Waals surface area contributed by atoms with Crippen molar-refractivity contribution in [3.63, 3.8) is 0 Å². The summed E-state index contributed by atoms with van der Waals surface area (Å²) in [5.41, 5.74) is 5.56. The van der Waals surface area contributed by atoms with Crippen molar-refractivity contribution in [1.29, 1.82) is 0 Å². The standard InChI is InChI=1S/C22H18N2O2.ClH/c1-23-13-19(18-12-20(22(25)26)24(2)21(18)14-23)17-10-6-9-16(11-17)15-7-4-3-5-8-15;/h3-14H,1-2H3;1H. The quantitative estimate of drug-likeness (QED) is 0.541. The van der Waals surface area contributed by atoms with E-state index in [1.54, 1.807) is 17.7 Å². The van der Waals surface area contributed by atoms with Crippen LogP contribution in [-0.4, -0.2) is 15.6 Å². The van der Waals surface area contributed by atoms with Gasteiger partial charge >= 0.3 is 5.97 Å². The Kier molecular flexibility index (Phi) is 5.02. The van der Waals surface area contributed by atoms with Crippen molar-refractivity contribution in [3.8, 4) is 22.3 Å². The van der Waals surface area contributed by atoms with Crippen molar-refractivity contribution < 1.29 is 26.9 Å². The van der Waals surface area contributed by atoms with Crippen LogP contribution in [0.25, 0.3) is 33.2 Å². The minimum atomic E-state index is -0.921. The zero-order chi connectivity index (χ0) is 18.3. The number of pyridine rings is 1. The molecule has 2 heterocycles. The van der Waals surface area contributed by atoms with Crippen LogP contribution in [0, 0.1) is 0 Å². The predicted molar refractivity (Wildman–Crippen MR) is 102 cm³/mol. The molecule has 2 aromatic heterocycles. The van der Waals surface area contributed by atoms with Crippen LogP contribution in [0.15, 0.2) is 73.1 Å². The van der Waals surface area contributed by atoms with Crippen molar-refractivity contribution in [2.45, 2.75) is 0 Å². The lowest BCUT2D eigenvalue weighted by atomic mass is 9.98. The number of aromatic nitrogens is 2. The number of carbonyl (C=O) groups is 1. The molecule has 4 rings (SSSR count). The zero-order valence-corrected chi connectivity index (χ0v) is 15.8. The van der Waals surface area contributed by atoms with Crippen LogP contribution >= 0.6 is 0 Å². The predicted octanol–water partition coefficient (Wildman–Crippen LogP) is 1.04. The number of halogens is 1. The van der Waals surface area contributed by atoms with Gasteiger partial charge in [0, 0.05) is 12.4 Å². The van der Waals surface area contributed by atoms with Gasteiger partial charge in [-0.05, 0) is 28.8 Å². The summed E-state index contributed by atoms with van der Waals surface area (Å²) < 4.78 is 3.70. The molecule has 27 heavy (non-hydrogen) atoms. The molecule has 0 saturated carbocycles. The van der Waals surface area contributed by atoms with Gasteiger partial charge in [-0.3, -0.25) is 0 Å². The Labute approximate surface area is 163 Å². The molecule has 0 amide bonds. The number of hydrogen-bond acceptors (Lipinski definition) is 1. The first-order chi connectivity index (χ1) is 12.5. The van der Waals surface area contributed by atoms with Gasteiger partial charge in [0.25, 0.3) is 0 Å². The largest absolute Gasteiger partial charge is 1.00 e. The lowest BCUT2D eigenvalue weighted by molar-refractivity contribution is -0.669. The highest BCUT2D eigenvalue weighted by atomic mass is 35.5. The van der Waals surface area contributed by atoms with E-state index in [1.807, 2.05) is 48.3 Å². The van der Waals surface area contributed by atoms with Crippen molar-refractivity contribution in [3.05, 3.63) is 78.8 Å². The molecule has 2 aromatic carbocycles. The molecule has 0 bridgehead atoms. The lowest BCUT2D eigenvalue weighted by Crippen LogP contribution is -3.00. The van der Waals surface area contributed by atoms with E-state index in [2.05, 4.69) is 30.3 Å². The summed E-state index contributed by atoms with van der Waals surface area (Å²) in [7, 11) is 3.74. The summed E-state index contributed by atoms with van der Waals surface area (Å²) in [4.78, 5) is 11.5. The number of fused-ring (bicyclic) bond motifs is 1. The number of nitrogens with zero attached hydrogens (tertiary/aromatic N) is 2. The molecule has 0 unspecified atom stereocenters. The van der Waals surface area contributed by atoms with E-state index >= 15 is 0 Å². The fourth-order valence-electron chi connectivity index (χ4n) is 3.43. The summed E-state index contributed by atoms with van der Waals surface area (Å²) >= 11 is 0. The van der Waals surface area contributed by atoms with Gasteiger partial charge in [-0.1, -0.05) is 48.5 Å². The molecule has 0 radical (unpaired) electrons. The summed E-state index contributed by atoms with van der Waals surface area (Å²) in [5, 5.41) is 10.4. The second-order valence-electron chi connectivity index (χ2n) is 6.48. The van der Waals surface area contributed by atoms with E-state index in [1.165, 1.54) is 0 Å². The van der Waals surface area contributed by atoms with Crippen LogP contribution < -0.4 is 17.0 Å². The molecule has 5 heteroatoms. The van der Waals surface area contributed by atoms with Crippen LogP contribution in [-0.2, 0) is 14.1 Å². The molecule has 0 fully saturated rings. The molecular weight excluding hydrogens is 360 g/mol. The van der Waals surface area contributed by atoms with E-state index in [4.69, 9.17) is 0 Å². The number of hydrogen-bond donors (Lipinski definition) is 1. The zero-order valence-electron chi connectivity index (χ0n) is 15.1. The Bertz CT molecular complexity index is 1130. The molecule has 0 aliphatic rings. The van der Waals surface area contributed by atoms with Crippen LogP contribution in [0.3, 0.4) is 0 Å². The van der Waals surface area contributed by atoms with Gasteiger partial charge < -0.3 is 22.1 Å². The Morgan fingerprint density at radius 1 is 0.926 bits per heavy atom. The average molecular weight is 379 g/mol. The minimum absolute atomic E-state index is 0. The topological polar surface area (TPSA) is 46.1 Å². The Hall–Kier alpha value is -3.11. The number of aryl methyl sites for hydroxylation is 2. The Balaban J connectivity index is 0.00000210. The molecule has 0 spiro atoms. The second kappa shape index (κ2) is 7.25. The normalized spacial score (nSPS) is 10.6. The molecule has 0 aliphatic heterocycles. The molecule has 0 aliphatic carbocycles. The first-order valence-electron chi connectivity index (χ1n) is 8.42. The van der Waals surface area contributed by atoms with Gasteiger partial charge in [0.1, 0.15) is 18.3 Å². The van der Waals surface area contributed by atoms with Gasteiger partial charge in [-0.2, -0.15) is 0 Å². The number of carboxylic acids is 1. The first-order valence-corrected chi connectivity index (χ1v) is 8.42. The summed E-state index contributed by atoms with van der Waals surface area (Å²) in [5.74, 6) is -0.921. The fourth-order valence-corrected chi connectivity index (χ4v) is 3.43. The average Bonchev–Trinajstić information content (AvgIpc) is 2.99. The third kappa shape index (κ3) is 3.32. The van der Waals surface area contributed by atoms with E-state index in [-0.39, 0.29) is 18.1 Å². The van der Waals surface area contributed by atoms with Crippen molar-refractivity contribution in [2.24, 2.45) is 14.1 Å². The molecule has 4 aromatic rings. The molecule has 4 nitrogen and oxygen atoms in total. The molecule has 0 saturated heterocycles. The van der Waals surface area contributed by atoms with Crippen LogP contribution in [0.1, 0.15) is 10.5 Å². The van der Waals surface area contributed by atoms with Gasteiger partial charge in [0.15, 0.2) is 12.4 Å². The van der Waals surface area contributed by atoms with E-state index < -0.39 is 5.97 Å². The van der Waals surface area contributed by atoms with Crippen molar-refractivity contribution in [1.82, 2.24) is 4.57 Å². The van der Waals surface area contributed by atoms with Crippen LogP contribution in [0.4, 0.5) is 0 Å². The maximum absolute atomic E-state index is 11.5. The summed E-state index contributed by atoms with van der Waals surface area (Å²) in [6.07, 6.45) is 3.99. The molecule has 136 valence electrons. The number of rotatable bonds is 3. The second-order valence-corrected chi connectivity index (χ2v) is 6.48. The van der Waals surface area contributed by atoms with E-state index in [0.717, 1.165) is 33.2 Å². The van der Waals surface area contributed by atoms with E-state index in [9.17, 15) is 9.90 Å². The fraction of sp³-hybridized carbons (Fsp3) is 0.0909. The lowest BCUT2D eigenvalue weighted by Gasteiger charge is -2.07. The number of aromatic carboxylic acids is 1. The Morgan fingerprint density at radius 2 is 1.59 bits per heavy atom. The Morgan fingerprint density at radius 3 is 2.30 bits per heavy atom. The summed E-state index contributed by atoms with van der Waals surface area (Å²) in [6.45, 7) is 0. The first kappa shape index (κ1) is 18.7. The monoisotopic (exact) mass is 378 g/mol. The maximum Gasteiger partial charge on any atom is 0.352 e. The van der Waals surface area contributed by atoms with Gasteiger partial charge in [0.2, 0.25) is 0 Å². The van der Waals surface area contributed by atoms with Crippen molar-refractivity contribution in [2.75, 3.05) is 0 Å². The SMILES string of the molecule is Cn1c(C(=O)O)cc2c(-c3cccc(-c4ccccc4)c3)c[n+](C)cc21.[Cl-]. The van der Waals surface area contributed by atoms with E-state index in [0.29, 0.717) is 0 Å².